The van der Waals surface area contributed by atoms with Gasteiger partial charge in [0, 0.05) is 33.3 Å². The van der Waals surface area contributed by atoms with Crippen LogP contribution in [0.4, 0.5) is 5.69 Å². The Kier molecular flexibility index (Phi) is 4.46. The lowest BCUT2D eigenvalue weighted by atomic mass is 9.87. The Morgan fingerprint density at radius 2 is 2.10 bits per heavy atom. The van der Waals surface area contributed by atoms with Gasteiger partial charge in [0.15, 0.2) is 0 Å². The monoisotopic (exact) mass is 418 g/mol. The number of nitrogens with one attached hydrogen (secondary N) is 1. The van der Waals surface area contributed by atoms with Crippen LogP contribution in [0.1, 0.15) is 33.6 Å². The quantitative estimate of drug-likeness (QED) is 0.725. The van der Waals surface area contributed by atoms with Gasteiger partial charge in [-0.1, -0.05) is 25.4 Å². The summed E-state index contributed by atoms with van der Waals surface area (Å²) in [6, 6.07) is 6.84. The highest BCUT2D eigenvalue weighted by molar-refractivity contribution is 14.1. The van der Waals surface area contributed by atoms with Crippen LogP contribution in [0.5, 0.6) is 0 Å². The van der Waals surface area contributed by atoms with Crippen molar-refractivity contribution in [1.82, 2.24) is 5.32 Å². The molecule has 1 aromatic rings. The lowest BCUT2D eigenvalue weighted by Crippen LogP contribution is -2.65. The molecule has 1 saturated carbocycles. The second-order valence-electron chi connectivity index (χ2n) is 7.11. The summed E-state index contributed by atoms with van der Waals surface area (Å²) in [7, 11) is 0. The van der Waals surface area contributed by atoms with Gasteiger partial charge in [-0.05, 0) is 72.4 Å². The van der Waals surface area contributed by atoms with Crippen LogP contribution in [-0.2, 0) is 0 Å². The van der Waals surface area contributed by atoms with Gasteiger partial charge in [-0.2, -0.15) is 0 Å². The van der Waals surface area contributed by atoms with Crippen molar-refractivity contribution in [1.29, 1.82) is 0 Å². The summed E-state index contributed by atoms with van der Waals surface area (Å²) < 4.78 is 1.26. The van der Waals surface area contributed by atoms with E-state index < -0.39 is 0 Å². The Morgan fingerprint density at radius 3 is 2.67 bits per heavy atom. The Bertz CT molecular complexity index is 530. The first-order valence-corrected chi connectivity index (χ1v) is 9.33. The second kappa shape index (κ2) is 5.89. The van der Waals surface area contributed by atoms with Gasteiger partial charge in [0.1, 0.15) is 0 Å². The number of benzene rings is 1. The highest BCUT2D eigenvalue weighted by atomic mass is 127. The first kappa shape index (κ1) is 15.9. The molecular formula is C17H24ClIN2. The van der Waals surface area contributed by atoms with E-state index in [1.807, 2.05) is 6.07 Å². The largest absolute Gasteiger partial charge is 0.364 e. The lowest BCUT2D eigenvalue weighted by Gasteiger charge is -2.49. The van der Waals surface area contributed by atoms with E-state index in [2.05, 4.69) is 65.7 Å². The average Bonchev–Trinajstić information content (AvgIpc) is 3.22. The lowest BCUT2D eigenvalue weighted by molar-refractivity contribution is 0.233. The predicted octanol–water partition coefficient (Wildman–Crippen LogP) is 4.55. The SMILES string of the molecule is CC(C)C1CNC(C)(C2CC2)CN1c1ccc(Cl)cc1I. The maximum Gasteiger partial charge on any atom is 0.0506 e. The smallest absolute Gasteiger partial charge is 0.0506 e. The average molecular weight is 419 g/mol. The molecule has 0 bridgehead atoms. The summed E-state index contributed by atoms with van der Waals surface area (Å²) in [5, 5.41) is 4.67. The number of anilines is 1. The second-order valence-corrected chi connectivity index (χ2v) is 8.71. The van der Waals surface area contributed by atoms with Gasteiger partial charge in [0.2, 0.25) is 0 Å². The van der Waals surface area contributed by atoms with Crippen molar-refractivity contribution in [3.8, 4) is 0 Å². The predicted molar refractivity (Wildman–Crippen MR) is 99.3 cm³/mol. The molecule has 0 amide bonds. The maximum absolute atomic E-state index is 6.14. The molecule has 1 aromatic carbocycles. The Balaban J connectivity index is 1.93. The van der Waals surface area contributed by atoms with Crippen LogP contribution in [0.3, 0.4) is 0 Å². The molecule has 1 heterocycles. The van der Waals surface area contributed by atoms with Gasteiger partial charge in [0.05, 0.1) is 5.69 Å². The molecule has 116 valence electrons. The third kappa shape index (κ3) is 3.20. The number of hydrogen-bond donors (Lipinski definition) is 1. The minimum absolute atomic E-state index is 0.258. The summed E-state index contributed by atoms with van der Waals surface area (Å²) in [6.07, 6.45) is 2.75. The van der Waals surface area contributed by atoms with Gasteiger partial charge in [-0.15, -0.1) is 0 Å². The summed E-state index contributed by atoms with van der Waals surface area (Å²) in [6.45, 7) is 9.21. The van der Waals surface area contributed by atoms with Crippen LogP contribution in [-0.4, -0.2) is 24.7 Å². The van der Waals surface area contributed by atoms with E-state index in [-0.39, 0.29) is 5.54 Å². The molecule has 0 aromatic heterocycles. The number of piperazine rings is 1. The van der Waals surface area contributed by atoms with Crippen LogP contribution in [0.25, 0.3) is 0 Å². The molecule has 21 heavy (non-hydrogen) atoms. The van der Waals surface area contributed by atoms with Gasteiger partial charge in [-0.3, -0.25) is 0 Å². The molecule has 1 N–H and O–H groups in total. The van der Waals surface area contributed by atoms with Crippen molar-refractivity contribution >= 4 is 39.9 Å². The van der Waals surface area contributed by atoms with Crippen molar-refractivity contribution in [3.05, 3.63) is 26.8 Å². The minimum Gasteiger partial charge on any atom is -0.364 e. The fourth-order valence-corrected chi connectivity index (χ4v) is 4.72. The van der Waals surface area contributed by atoms with Crippen molar-refractivity contribution in [3.63, 3.8) is 0 Å². The molecule has 2 unspecified atom stereocenters. The molecule has 3 rings (SSSR count). The summed E-state index contributed by atoms with van der Waals surface area (Å²) in [5.74, 6) is 1.48. The summed E-state index contributed by atoms with van der Waals surface area (Å²) in [4.78, 5) is 2.62. The van der Waals surface area contributed by atoms with Crippen LogP contribution < -0.4 is 10.2 Å². The van der Waals surface area contributed by atoms with E-state index in [0.717, 1.165) is 24.0 Å². The molecule has 0 spiro atoms. The minimum atomic E-state index is 0.258. The van der Waals surface area contributed by atoms with Gasteiger partial charge >= 0.3 is 0 Å². The standard InChI is InChI=1S/C17H24ClIN2/c1-11(2)16-9-20-17(3,12-4-5-12)10-21(16)15-7-6-13(18)8-14(15)19/h6-8,11-12,16,20H,4-5,9-10H2,1-3H3. The first-order chi connectivity index (χ1) is 9.90. The summed E-state index contributed by atoms with van der Waals surface area (Å²) in [5.41, 5.74) is 1.60. The third-order valence-corrected chi connectivity index (χ3v) is 6.18. The van der Waals surface area contributed by atoms with Crippen LogP contribution in [0.15, 0.2) is 18.2 Å². The third-order valence-electron chi connectivity index (χ3n) is 5.08. The molecule has 1 aliphatic heterocycles. The number of hydrogen-bond acceptors (Lipinski definition) is 2. The van der Waals surface area contributed by atoms with Gasteiger partial charge < -0.3 is 10.2 Å². The molecule has 0 radical (unpaired) electrons. The molecule has 2 aliphatic rings. The van der Waals surface area contributed by atoms with E-state index in [1.165, 1.54) is 22.1 Å². The fourth-order valence-electron chi connectivity index (χ4n) is 3.54. The van der Waals surface area contributed by atoms with Gasteiger partial charge in [-0.25, -0.2) is 0 Å². The zero-order valence-corrected chi connectivity index (χ0v) is 15.9. The van der Waals surface area contributed by atoms with Crippen molar-refractivity contribution in [2.24, 2.45) is 11.8 Å². The van der Waals surface area contributed by atoms with E-state index in [1.54, 1.807) is 0 Å². The molecule has 2 nitrogen and oxygen atoms in total. The molecule has 4 heteroatoms. The maximum atomic E-state index is 6.14. The highest BCUT2D eigenvalue weighted by Crippen LogP contribution is 2.43. The summed E-state index contributed by atoms with van der Waals surface area (Å²) >= 11 is 8.56. The van der Waals surface area contributed by atoms with Crippen LogP contribution in [0.2, 0.25) is 5.02 Å². The molecule has 1 aliphatic carbocycles. The van der Waals surface area contributed by atoms with E-state index >= 15 is 0 Å². The Morgan fingerprint density at radius 1 is 1.38 bits per heavy atom. The fraction of sp³-hybridized carbons (Fsp3) is 0.647. The van der Waals surface area contributed by atoms with E-state index in [4.69, 9.17) is 11.6 Å². The zero-order valence-electron chi connectivity index (χ0n) is 13.0. The Labute approximate surface area is 146 Å². The van der Waals surface area contributed by atoms with Crippen molar-refractivity contribution in [2.75, 3.05) is 18.0 Å². The number of halogens is 2. The van der Waals surface area contributed by atoms with E-state index in [0.29, 0.717) is 12.0 Å². The molecule has 1 saturated heterocycles. The topological polar surface area (TPSA) is 15.3 Å². The van der Waals surface area contributed by atoms with E-state index in [9.17, 15) is 0 Å². The molecule has 2 fully saturated rings. The zero-order chi connectivity index (χ0) is 15.2. The number of rotatable bonds is 3. The molecular weight excluding hydrogens is 395 g/mol. The van der Waals surface area contributed by atoms with Crippen molar-refractivity contribution in [2.45, 2.75) is 45.2 Å². The van der Waals surface area contributed by atoms with Crippen LogP contribution in [0, 0.1) is 15.4 Å². The van der Waals surface area contributed by atoms with Crippen LogP contribution >= 0.6 is 34.2 Å². The first-order valence-electron chi connectivity index (χ1n) is 7.87. The van der Waals surface area contributed by atoms with Gasteiger partial charge in [0.25, 0.3) is 0 Å². The highest BCUT2D eigenvalue weighted by Gasteiger charge is 2.46. The Hall–Kier alpha value is -0.000000000000000111. The number of nitrogens with zero attached hydrogens (tertiary/aromatic N) is 1. The molecule has 2 atom stereocenters. The van der Waals surface area contributed by atoms with Crippen molar-refractivity contribution < 1.29 is 0 Å². The normalized spacial score (nSPS) is 30.0.